The van der Waals surface area contributed by atoms with Gasteiger partial charge in [0.05, 0.1) is 18.9 Å². The third-order valence-corrected chi connectivity index (χ3v) is 4.90. The molecule has 2 heterocycles. The van der Waals surface area contributed by atoms with Gasteiger partial charge in [0.2, 0.25) is 0 Å². The van der Waals surface area contributed by atoms with Gasteiger partial charge in [0.15, 0.2) is 28.9 Å². The van der Waals surface area contributed by atoms with Crippen LogP contribution in [-0.2, 0) is 12.8 Å². The molecule has 0 unspecified atom stereocenters. The smallest absolute Gasteiger partial charge is 0.416 e. The minimum Gasteiger partial charge on any atom is -0.497 e. The van der Waals surface area contributed by atoms with Gasteiger partial charge < -0.3 is 24.8 Å². The van der Waals surface area contributed by atoms with E-state index < -0.39 is 11.7 Å². The summed E-state index contributed by atoms with van der Waals surface area (Å²) in [6.45, 7) is 0.137. The van der Waals surface area contributed by atoms with Crippen molar-refractivity contribution >= 4 is 17.7 Å². The highest BCUT2D eigenvalue weighted by Gasteiger charge is 2.30. The van der Waals surface area contributed by atoms with Gasteiger partial charge in [-0.1, -0.05) is 29.4 Å². The molecule has 0 radical (unpaired) electrons. The van der Waals surface area contributed by atoms with Crippen molar-refractivity contribution in [2.24, 2.45) is 10.9 Å². The number of hydrogen-bond donors (Lipinski definition) is 3. The number of oxime groups is 1. The summed E-state index contributed by atoms with van der Waals surface area (Å²) in [6.07, 6.45) is -3.08. The predicted octanol–water partition coefficient (Wildman–Crippen LogP) is 4.58. The Kier molecular flexibility index (Phi) is 6.90. The molecule has 0 aliphatic rings. The number of rotatable bonds is 8. The number of ether oxygens (including phenoxy) is 2. The van der Waals surface area contributed by atoms with Crippen molar-refractivity contribution in [3.05, 3.63) is 77.6 Å². The number of alkyl halides is 3. The minimum atomic E-state index is -4.44. The fourth-order valence-electron chi connectivity index (χ4n) is 3.05. The SMILES string of the molecule is COc1ccc(COc2cc(Nc3ncc(-c4ccc(C(F)(F)F)cc4)o3)nnc2/C(N)=N/O)cc1. The van der Waals surface area contributed by atoms with E-state index >= 15 is 0 Å². The second kappa shape index (κ2) is 10.2. The van der Waals surface area contributed by atoms with E-state index in [2.05, 4.69) is 25.7 Å². The molecule has 186 valence electrons. The summed E-state index contributed by atoms with van der Waals surface area (Å²) in [7, 11) is 1.56. The standard InChI is InChI=1S/C23H19F3N6O4/c1-34-16-8-2-13(3-9-16)12-35-17-10-19(30-31-20(17)21(27)32-33)29-22-28-11-18(36-22)14-4-6-15(7-5-14)23(24,25)26/h2-11,33H,12H2,1H3,(H2,27,32)(H,28,29,30). The van der Waals surface area contributed by atoms with Crippen molar-refractivity contribution < 1.29 is 32.3 Å². The molecule has 4 rings (SSSR count). The lowest BCUT2D eigenvalue weighted by Crippen LogP contribution is -2.18. The number of methoxy groups -OCH3 is 1. The molecule has 2 aromatic heterocycles. The largest absolute Gasteiger partial charge is 0.497 e. The number of amidine groups is 1. The van der Waals surface area contributed by atoms with E-state index in [-0.39, 0.29) is 41.5 Å². The molecule has 0 amide bonds. The quantitative estimate of drug-likeness (QED) is 0.137. The van der Waals surface area contributed by atoms with Crippen molar-refractivity contribution in [3.63, 3.8) is 0 Å². The number of nitrogens with zero attached hydrogens (tertiary/aromatic N) is 4. The number of hydrogen-bond acceptors (Lipinski definition) is 9. The Balaban J connectivity index is 1.51. The topological polar surface area (TPSA) is 141 Å². The minimum absolute atomic E-state index is 0.00871. The molecule has 0 aliphatic carbocycles. The third-order valence-electron chi connectivity index (χ3n) is 4.90. The van der Waals surface area contributed by atoms with Crippen molar-refractivity contribution in [2.45, 2.75) is 12.8 Å². The van der Waals surface area contributed by atoms with E-state index in [9.17, 15) is 13.2 Å². The van der Waals surface area contributed by atoms with Crippen LogP contribution in [0.5, 0.6) is 11.5 Å². The monoisotopic (exact) mass is 500 g/mol. The molecule has 0 saturated heterocycles. The molecule has 0 spiro atoms. The van der Waals surface area contributed by atoms with E-state index in [1.165, 1.54) is 24.4 Å². The second-order valence-electron chi connectivity index (χ2n) is 7.29. The Hall–Kier alpha value is -4.81. The first-order valence-corrected chi connectivity index (χ1v) is 10.3. The number of oxazole rings is 1. The molecule has 0 atom stereocenters. The number of halogens is 3. The van der Waals surface area contributed by atoms with Gasteiger partial charge in [0.1, 0.15) is 12.4 Å². The van der Waals surface area contributed by atoms with E-state index in [1.807, 2.05) is 12.1 Å². The molecule has 0 fully saturated rings. The Morgan fingerprint density at radius 2 is 1.83 bits per heavy atom. The number of benzene rings is 2. The zero-order valence-electron chi connectivity index (χ0n) is 18.7. The van der Waals surface area contributed by atoms with Crippen LogP contribution in [0.15, 0.2) is 70.4 Å². The van der Waals surface area contributed by atoms with Crippen LogP contribution in [0.4, 0.5) is 25.0 Å². The van der Waals surface area contributed by atoms with Gasteiger partial charge in [-0.05, 0) is 29.8 Å². The van der Waals surface area contributed by atoms with E-state index in [0.717, 1.165) is 17.7 Å². The first-order chi connectivity index (χ1) is 17.3. The summed E-state index contributed by atoms with van der Waals surface area (Å²) in [6, 6.07) is 13.1. The normalized spacial score (nSPS) is 11.8. The van der Waals surface area contributed by atoms with Crippen LogP contribution in [0.1, 0.15) is 16.8 Å². The maximum Gasteiger partial charge on any atom is 0.416 e. The highest BCUT2D eigenvalue weighted by molar-refractivity contribution is 5.97. The van der Waals surface area contributed by atoms with Gasteiger partial charge in [-0.15, -0.1) is 10.2 Å². The van der Waals surface area contributed by atoms with Gasteiger partial charge in [-0.2, -0.15) is 13.2 Å². The number of aromatic nitrogens is 3. The fourth-order valence-corrected chi connectivity index (χ4v) is 3.05. The first kappa shape index (κ1) is 24.3. The van der Waals surface area contributed by atoms with Crippen LogP contribution in [0, 0.1) is 0 Å². The zero-order valence-corrected chi connectivity index (χ0v) is 18.7. The maximum absolute atomic E-state index is 12.8. The maximum atomic E-state index is 12.8. The summed E-state index contributed by atoms with van der Waals surface area (Å²) >= 11 is 0. The summed E-state index contributed by atoms with van der Waals surface area (Å²) in [5.74, 6) is 0.945. The summed E-state index contributed by atoms with van der Waals surface area (Å²) in [5.41, 5.74) is 6.15. The van der Waals surface area contributed by atoms with E-state index in [0.29, 0.717) is 11.3 Å². The summed E-state index contributed by atoms with van der Waals surface area (Å²) in [5, 5.41) is 22.7. The molecule has 2 aromatic carbocycles. The highest BCUT2D eigenvalue weighted by Crippen LogP contribution is 2.32. The van der Waals surface area contributed by atoms with Crippen molar-refractivity contribution in [2.75, 3.05) is 12.4 Å². The molecule has 4 aromatic rings. The van der Waals surface area contributed by atoms with Gasteiger partial charge in [-0.3, -0.25) is 5.32 Å². The van der Waals surface area contributed by atoms with Crippen molar-refractivity contribution in [3.8, 4) is 22.8 Å². The predicted molar refractivity (Wildman–Crippen MR) is 122 cm³/mol. The molecule has 36 heavy (non-hydrogen) atoms. The molecule has 10 nitrogen and oxygen atoms in total. The Labute approximate surface area is 202 Å². The average Bonchev–Trinajstić information content (AvgIpc) is 3.35. The van der Waals surface area contributed by atoms with Gasteiger partial charge >= 0.3 is 12.2 Å². The van der Waals surface area contributed by atoms with Crippen LogP contribution in [0.25, 0.3) is 11.3 Å². The molecular formula is C23H19F3N6O4. The molecule has 4 N–H and O–H groups in total. The van der Waals surface area contributed by atoms with Crippen molar-refractivity contribution in [1.29, 1.82) is 0 Å². The lowest BCUT2D eigenvalue weighted by molar-refractivity contribution is -0.137. The zero-order chi connectivity index (χ0) is 25.7. The summed E-state index contributed by atoms with van der Waals surface area (Å²) in [4.78, 5) is 4.06. The lowest BCUT2D eigenvalue weighted by atomic mass is 10.1. The second-order valence-corrected chi connectivity index (χ2v) is 7.29. The molecule has 0 saturated carbocycles. The average molecular weight is 500 g/mol. The molecular weight excluding hydrogens is 481 g/mol. The third kappa shape index (κ3) is 5.63. The van der Waals surface area contributed by atoms with Crippen LogP contribution < -0.4 is 20.5 Å². The van der Waals surface area contributed by atoms with Crippen LogP contribution in [-0.4, -0.2) is 33.3 Å². The van der Waals surface area contributed by atoms with Gasteiger partial charge in [0.25, 0.3) is 0 Å². The van der Waals surface area contributed by atoms with E-state index in [4.69, 9.17) is 24.8 Å². The first-order valence-electron chi connectivity index (χ1n) is 10.3. The Bertz CT molecular complexity index is 1360. The molecule has 0 bridgehead atoms. The molecule has 13 heteroatoms. The van der Waals surface area contributed by atoms with Crippen LogP contribution >= 0.6 is 0 Å². The van der Waals surface area contributed by atoms with Crippen molar-refractivity contribution in [1.82, 2.24) is 15.2 Å². The Morgan fingerprint density at radius 3 is 2.47 bits per heavy atom. The van der Waals surface area contributed by atoms with Crippen LogP contribution in [0.2, 0.25) is 0 Å². The fraction of sp³-hybridized carbons (Fsp3) is 0.130. The number of anilines is 2. The van der Waals surface area contributed by atoms with E-state index in [1.54, 1.807) is 19.2 Å². The molecule has 0 aliphatic heterocycles. The lowest BCUT2D eigenvalue weighted by Gasteiger charge is -2.11. The summed E-state index contributed by atoms with van der Waals surface area (Å²) < 4.78 is 54.9. The van der Waals surface area contributed by atoms with Gasteiger partial charge in [-0.25, -0.2) is 4.98 Å². The van der Waals surface area contributed by atoms with Crippen LogP contribution in [0.3, 0.4) is 0 Å². The van der Waals surface area contributed by atoms with Gasteiger partial charge in [0, 0.05) is 11.6 Å². The Morgan fingerprint density at radius 1 is 1.11 bits per heavy atom. The number of nitrogens with two attached hydrogens (primary N) is 1. The highest BCUT2D eigenvalue weighted by atomic mass is 19.4. The number of nitrogens with one attached hydrogen (secondary N) is 1.